The summed E-state index contributed by atoms with van der Waals surface area (Å²) in [6, 6.07) is 4.42. The Morgan fingerprint density at radius 3 is 2.84 bits per heavy atom. The fourth-order valence-electron chi connectivity index (χ4n) is 1.97. The van der Waals surface area contributed by atoms with Gasteiger partial charge in [0.15, 0.2) is 0 Å². The second kappa shape index (κ2) is 5.92. The predicted molar refractivity (Wildman–Crippen MR) is 71.3 cm³/mol. The van der Waals surface area contributed by atoms with Crippen LogP contribution >= 0.6 is 11.8 Å². The summed E-state index contributed by atoms with van der Waals surface area (Å²) in [5.74, 6) is 0.268. The van der Waals surface area contributed by atoms with E-state index in [2.05, 4.69) is 0 Å². The van der Waals surface area contributed by atoms with Gasteiger partial charge in [-0.05, 0) is 42.0 Å². The molecule has 0 atom stereocenters. The van der Waals surface area contributed by atoms with Crippen molar-refractivity contribution in [3.63, 3.8) is 0 Å². The van der Waals surface area contributed by atoms with Crippen LogP contribution in [0.25, 0.3) is 0 Å². The fourth-order valence-corrected chi connectivity index (χ4v) is 3.30. The second-order valence-corrected chi connectivity index (χ2v) is 5.97. The molecule has 1 aromatic carbocycles. The number of esters is 1. The Morgan fingerprint density at radius 2 is 2.26 bits per heavy atom. The van der Waals surface area contributed by atoms with Gasteiger partial charge >= 0.3 is 5.97 Å². The van der Waals surface area contributed by atoms with E-state index < -0.39 is 0 Å². The topological polar surface area (TPSA) is 46.5 Å². The molecular formula is C14H17FO3S. The molecule has 0 unspecified atom stereocenters. The Kier molecular flexibility index (Phi) is 4.47. The molecule has 1 N–H and O–H groups in total. The number of hydrogen-bond acceptors (Lipinski definition) is 4. The maximum absolute atomic E-state index is 13.1. The highest BCUT2D eigenvalue weighted by atomic mass is 32.2. The van der Waals surface area contributed by atoms with Crippen LogP contribution < -0.4 is 0 Å². The highest BCUT2D eigenvalue weighted by molar-refractivity contribution is 7.99. The minimum Gasteiger partial charge on any atom is -0.469 e. The molecule has 0 heterocycles. The molecule has 2 rings (SSSR count). The SMILES string of the molecule is COC(=O)CC1(CSc2ccc(F)cc2CO)CC1. The van der Waals surface area contributed by atoms with Crippen LogP contribution in [0.4, 0.5) is 4.39 Å². The number of carbonyl (C=O) groups excluding carboxylic acids is 1. The number of rotatable bonds is 6. The number of benzene rings is 1. The lowest BCUT2D eigenvalue weighted by molar-refractivity contribution is -0.141. The Labute approximate surface area is 116 Å². The standard InChI is InChI=1S/C14H17FO3S/c1-18-13(17)7-14(4-5-14)9-19-12-3-2-11(15)6-10(12)8-16/h2-3,6,16H,4-5,7-9H2,1H3. The fraction of sp³-hybridized carbons (Fsp3) is 0.500. The van der Waals surface area contributed by atoms with Crippen LogP contribution in [-0.2, 0) is 16.1 Å². The van der Waals surface area contributed by atoms with Crippen LogP contribution in [0.5, 0.6) is 0 Å². The van der Waals surface area contributed by atoms with Gasteiger partial charge in [0.2, 0.25) is 0 Å². The normalized spacial score (nSPS) is 16.2. The lowest BCUT2D eigenvalue weighted by Crippen LogP contribution is -2.13. The largest absolute Gasteiger partial charge is 0.469 e. The molecule has 1 aliphatic rings. The third-order valence-corrected chi connectivity index (χ3v) is 4.90. The maximum Gasteiger partial charge on any atom is 0.306 e. The van der Waals surface area contributed by atoms with E-state index in [1.54, 1.807) is 17.8 Å². The van der Waals surface area contributed by atoms with E-state index in [9.17, 15) is 14.3 Å². The monoisotopic (exact) mass is 284 g/mol. The Balaban J connectivity index is 1.97. The smallest absolute Gasteiger partial charge is 0.306 e. The van der Waals surface area contributed by atoms with Gasteiger partial charge in [-0.1, -0.05) is 0 Å². The second-order valence-electron chi connectivity index (χ2n) is 4.95. The Morgan fingerprint density at radius 1 is 1.53 bits per heavy atom. The van der Waals surface area contributed by atoms with Gasteiger partial charge in [0, 0.05) is 10.6 Å². The van der Waals surface area contributed by atoms with Gasteiger partial charge in [0.05, 0.1) is 20.1 Å². The van der Waals surface area contributed by atoms with Gasteiger partial charge in [-0.25, -0.2) is 4.39 Å². The highest BCUT2D eigenvalue weighted by Crippen LogP contribution is 2.52. The minimum atomic E-state index is -0.343. The number of carbonyl (C=O) groups is 1. The van der Waals surface area contributed by atoms with E-state index in [-0.39, 0.29) is 23.8 Å². The average Bonchev–Trinajstić information content (AvgIpc) is 3.17. The summed E-state index contributed by atoms with van der Waals surface area (Å²) in [5, 5.41) is 9.22. The number of aliphatic hydroxyl groups is 1. The van der Waals surface area contributed by atoms with E-state index in [1.165, 1.54) is 19.2 Å². The summed E-state index contributed by atoms with van der Waals surface area (Å²) in [4.78, 5) is 12.2. The van der Waals surface area contributed by atoms with Crippen LogP contribution in [-0.4, -0.2) is 23.9 Å². The summed E-state index contributed by atoms with van der Waals surface area (Å²) in [6.45, 7) is -0.176. The van der Waals surface area contributed by atoms with Crippen LogP contribution in [0.1, 0.15) is 24.8 Å². The first-order valence-corrected chi connectivity index (χ1v) is 7.16. The first-order chi connectivity index (χ1) is 9.08. The van der Waals surface area contributed by atoms with E-state index in [4.69, 9.17) is 4.74 Å². The molecule has 104 valence electrons. The van der Waals surface area contributed by atoms with Crippen molar-refractivity contribution in [2.75, 3.05) is 12.9 Å². The summed E-state index contributed by atoms with van der Waals surface area (Å²) in [5.41, 5.74) is 0.623. The van der Waals surface area contributed by atoms with Gasteiger partial charge in [-0.2, -0.15) is 0 Å². The molecule has 0 radical (unpaired) electrons. The van der Waals surface area contributed by atoms with E-state index in [0.717, 1.165) is 23.5 Å². The average molecular weight is 284 g/mol. The van der Waals surface area contributed by atoms with Crippen molar-refractivity contribution >= 4 is 17.7 Å². The summed E-state index contributed by atoms with van der Waals surface area (Å²) in [7, 11) is 1.40. The molecule has 1 saturated carbocycles. The van der Waals surface area contributed by atoms with Crippen molar-refractivity contribution in [2.24, 2.45) is 5.41 Å². The van der Waals surface area contributed by atoms with Gasteiger partial charge in [0.25, 0.3) is 0 Å². The van der Waals surface area contributed by atoms with E-state index in [1.807, 2.05) is 0 Å². The molecule has 0 spiro atoms. The zero-order valence-electron chi connectivity index (χ0n) is 10.8. The first-order valence-electron chi connectivity index (χ1n) is 6.17. The van der Waals surface area contributed by atoms with Crippen molar-refractivity contribution in [2.45, 2.75) is 30.8 Å². The molecule has 1 fully saturated rings. The number of thioether (sulfide) groups is 1. The van der Waals surface area contributed by atoms with Crippen LogP contribution in [0.15, 0.2) is 23.1 Å². The lowest BCUT2D eigenvalue weighted by atomic mass is 10.1. The lowest BCUT2D eigenvalue weighted by Gasteiger charge is -2.14. The van der Waals surface area contributed by atoms with Gasteiger partial charge < -0.3 is 9.84 Å². The number of halogens is 1. The van der Waals surface area contributed by atoms with Crippen LogP contribution in [0.2, 0.25) is 0 Å². The van der Waals surface area contributed by atoms with E-state index >= 15 is 0 Å². The first kappa shape index (κ1) is 14.3. The zero-order valence-corrected chi connectivity index (χ0v) is 11.6. The molecule has 3 nitrogen and oxygen atoms in total. The molecule has 0 bridgehead atoms. The van der Waals surface area contributed by atoms with Crippen molar-refractivity contribution in [1.29, 1.82) is 0 Å². The van der Waals surface area contributed by atoms with Crippen molar-refractivity contribution in [3.8, 4) is 0 Å². The number of aliphatic hydroxyl groups excluding tert-OH is 1. The Bertz CT molecular complexity index is 472. The van der Waals surface area contributed by atoms with E-state index in [0.29, 0.717) is 12.0 Å². The third kappa shape index (κ3) is 3.70. The summed E-state index contributed by atoms with van der Waals surface area (Å²) >= 11 is 1.57. The quantitative estimate of drug-likeness (QED) is 0.644. The summed E-state index contributed by atoms with van der Waals surface area (Å²) in [6.07, 6.45) is 2.47. The molecule has 5 heteroatoms. The molecule has 0 aliphatic heterocycles. The van der Waals surface area contributed by atoms with Crippen LogP contribution in [0.3, 0.4) is 0 Å². The van der Waals surface area contributed by atoms with Crippen molar-refractivity contribution in [1.82, 2.24) is 0 Å². The highest BCUT2D eigenvalue weighted by Gasteiger charge is 2.44. The molecule has 19 heavy (non-hydrogen) atoms. The predicted octanol–water partition coefficient (Wildman–Crippen LogP) is 2.75. The summed E-state index contributed by atoms with van der Waals surface area (Å²) < 4.78 is 17.8. The van der Waals surface area contributed by atoms with Gasteiger partial charge in [-0.15, -0.1) is 11.8 Å². The molecule has 0 amide bonds. The molecule has 0 saturated heterocycles. The van der Waals surface area contributed by atoms with Crippen molar-refractivity contribution in [3.05, 3.63) is 29.6 Å². The minimum absolute atomic E-state index is 0.0267. The molecule has 1 aliphatic carbocycles. The number of methoxy groups -OCH3 is 1. The Hall–Kier alpha value is -1.07. The molecule has 0 aromatic heterocycles. The number of hydrogen-bond donors (Lipinski definition) is 1. The maximum atomic E-state index is 13.1. The van der Waals surface area contributed by atoms with Gasteiger partial charge in [0.1, 0.15) is 5.82 Å². The third-order valence-electron chi connectivity index (χ3n) is 3.43. The van der Waals surface area contributed by atoms with Crippen molar-refractivity contribution < 1.29 is 19.0 Å². The molecule has 1 aromatic rings. The van der Waals surface area contributed by atoms with Gasteiger partial charge in [-0.3, -0.25) is 4.79 Å². The molecular weight excluding hydrogens is 267 g/mol. The zero-order chi connectivity index (χ0) is 13.9. The van der Waals surface area contributed by atoms with Crippen LogP contribution in [0, 0.1) is 11.2 Å². The number of ether oxygens (including phenoxy) is 1.